The van der Waals surface area contributed by atoms with Crippen LogP contribution in [0.25, 0.3) is 11.3 Å². The number of benzene rings is 2. The quantitative estimate of drug-likeness (QED) is 0.666. The van der Waals surface area contributed by atoms with Crippen LogP contribution in [0, 0.1) is 0 Å². The van der Waals surface area contributed by atoms with Crippen LogP contribution >= 0.6 is 11.6 Å². The van der Waals surface area contributed by atoms with E-state index in [-0.39, 0.29) is 5.91 Å². The van der Waals surface area contributed by atoms with Gasteiger partial charge in [-0.1, -0.05) is 41.9 Å². The lowest BCUT2D eigenvalue weighted by molar-refractivity contribution is -0.125. The number of hydrogen-bond acceptors (Lipinski definition) is 4. The minimum absolute atomic E-state index is 0.136. The number of likely N-dealkylation sites (tertiary alicyclic amines) is 1. The second-order valence-electron chi connectivity index (χ2n) is 8.29. The average Bonchev–Trinajstić information content (AvgIpc) is 3.12. The Labute approximate surface area is 187 Å². The molecule has 5 nitrogen and oxygen atoms in total. The number of halogens is 1. The molecule has 1 spiro atoms. The highest BCUT2D eigenvalue weighted by atomic mass is 35.5. The summed E-state index contributed by atoms with van der Waals surface area (Å²) < 4.78 is 0. The summed E-state index contributed by atoms with van der Waals surface area (Å²) in [5.74, 6) is 0.136. The summed E-state index contributed by atoms with van der Waals surface area (Å²) in [6, 6.07) is 22.3. The Bertz CT molecular complexity index is 1060. The Balaban J connectivity index is 1.29. The third-order valence-corrected chi connectivity index (χ3v) is 6.71. The van der Waals surface area contributed by atoms with Crippen LogP contribution in [0.2, 0.25) is 5.02 Å². The third kappa shape index (κ3) is 3.91. The Hall–Kier alpha value is -2.89. The SMILES string of the molecule is O=C1NCN(c2ccc(Cl)cc2)C12CCN(Cc1ccnc(-c3ccccc3)c1)CC2. The number of carbonyl (C=O) groups excluding carboxylic acids is 1. The number of nitrogens with one attached hydrogen (secondary N) is 1. The van der Waals surface area contributed by atoms with E-state index in [0.29, 0.717) is 11.7 Å². The Kier molecular flexibility index (Phi) is 5.38. The molecule has 2 fully saturated rings. The van der Waals surface area contributed by atoms with Crippen LogP contribution in [0.4, 0.5) is 5.69 Å². The Morgan fingerprint density at radius 1 is 1.00 bits per heavy atom. The zero-order valence-electron chi connectivity index (χ0n) is 17.3. The molecule has 158 valence electrons. The van der Waals surface area contributed by atoms with Crippen LogP contribution in [0.1, 0.15) is 18.4 Å². The zero-order valence-corrected chi connectivity index (χ0v) is 18.1. The number of carbonyl (C=O) groups is 1. The number of nitrogens with zero attached hydrogens (tertiary/aromatic N) is 3. The van der Waals surface area contributed by atoms with Crippen LogP contribution in [0.5, 0.6) is 0 Å². The second-order valence-corrected chi connectivity index (χ2v) is 8.73. The molecule has 3 heterocycles. The topological polar surface area (TPSA) is 48.5 Å². The number of pyridine rings is 1. The van der Waals surface area contributed by atoms with E-state index in [1.807, 2.05) is 48.7 Å². The summed E-state index contributed by atoms with van der Waals surface area (Å²) in [6.07, 6.45) is 3.49. The third-order valence-electron chi connectivity index (χ3n) is 6.46. The van der Waals surface area contributed by atoms with E-state index in [2.05, 4.69) is 44.4 Å². The molecule has 0 bridgehead atoms. The van der Waals surface area contributed by atoms with Gasteiger partial charge in [-0.3, -0.25) is 14.7 Å². The molecular formula is C25H25ClN4O. The Morgan fingerprint density at radius 3 is 2.48 bits per heavy atom. The van der Waals surface area contributed by atoms with E-state index in [1.165, 1.54) is 5.56 Å². The predicted molar refractivity (Wildman–Crippen MR) is 124 cm³/mol. The summed E-state index contributed by atoms with van der Waals surface area (Å²) in [5.41, 5.74) is 3.93. The summed E-state index contributed by atoms with van der Waals surface area (Å²) in [4.78, 5) is 22.0. The highest BCUT2D eigenvalue weighted by Gasteiger charge is 2.50. The van der Waals surface area contributed by atoms with Gasteiger partial charge < -0.3 is 10.2 Å². The Morgan fingerprint density at radius 2 is 1.74 bits per heavy atom. The maximum absolute atomic E-state index is 12.9. The van der Waals surface area contributed by atoms with Gasteiger partial charge in [-0.05, 0) is 54.8 Å². The maximum Gasteiger partial charge on any atom is 0.247 e. The van der Waals surface area contributed by atoms with Gasteiger partial charge in [-0.2, -0.15) is 0 Å². The molecule has 31 heavy (non-hydrogen) atoms. The first-order valence-corrected chi connectivity index (χ1v) is 11.1. The molecular weight excluding hydrogens is 408 g/mol. The molecule has 2 aliphatic heterocycles. The van der Waals surface area contributed by atoms with Gasteiger partial charge in [-0.25, -0.2) is 0 Å². The van der Waals surface area contributed by atoms with Gasteiger partial charge in [0.25, 0.3) is 0 Å². The van der Waals surface area contributed by atoms with Gasteiger partial charge >= 0.3 is 0 Å². The fourth-order valence-electron chi connectivity index (χ4n) is 4.72. The smallest absolute Gasteiger partial charge is 0.247 e. The van der Waals surface area contributed by atoms with Crippen molar-refractivity contribution in [1.82, 2.24) is 15.2 Å². The molecule has 6 heteroatoms. The monoisotopic (exact) mass is 432 g/mol. The molecule has 0 radical (unpaired) electrons. The number of amides is 1. The standard InChI is InChI=1S/C25H25ClN4O/c26-21-6-8-22(9-7-21)30-18-28-24(31)25(30)11-14-29(15-12-25)17-19-10-13-27-23(16-19)20-4-2-1-3-5-20/h1-10,13,16H,11-12,14-15,17-18H2,(H,28,31). The van der Waals surface area contributed by atoms with Crippen molar-refractivity contribution in [2.24, 2.45) is 0 Å². The summed E-state index contributed by atoms with van der Waals surface area (Å²) >= 11 is 6.06. The van der Waals surface area contributed by atoms with E-state index >= 15 is 0 Å². The van der Waals surface area contributed by atoms with Crippen molar-refractivity contribution in [3.05, 3.63) is 83.5 Å². The van der Waals surface area contributed by atoms with Crippen molar-refractivity contribution in [1.29, 1.82) is 0 Å². The van der Waals surface area contributed by atoms with Crippen LogP contribution in [0.15, 0.2) is 72.9 Å². The van der Waals surface area contributed by atoms with Crippen LogP contribution < -0.4 is 10.2 Å². The highest BCUT2D eigenvalue weighted by Crippen LogP contribution is 2.37. The molecule has 2 aliphatic rings. The van der Waals surface area contributed by atoms with Crippen molar-refractivity contribution in [3.8, 4) is 11.3 Å². The van der Waals surface area contributed by atoms with Gasteiger partial charge in [0.05, 0.1) is 12.4 Å². The molecule has 1 N–H and O–H groups in total. The van der Waals surface area contributed by atoms with E-state index in [9.17, 15) is 4.79 Å². The molecule has 0 aliphatic carbocycles. The van der Waals surface area contributed by atoms with Crippen LogP contribution in [-0.2, 0) is 11.3 Å². The first-order valence-electron chi connectivity index (χ1n) is 10.7. The molecule has 2 saturated heterocycles. The van der Waals surface area contributed by atoms with Gasteiger partial charge in [0.2, 0.25) is 5.91 Å². The van der Waals surface area contributed by atoms with Crippen molar-refractivity contribution < 1.29 is 4.79 Å². The molecule has 3 aromatic rings. The van der Waals surface area contributed by atoms with Gasteiger partial charge in [0.15, 0.2) is 0 Å². The largest absolute Gasteiger partial charge is 0.339 e. The van der Waals surface area contributed by atoms with Gasteiger partial charge in [0.1, 0.15) is 5.54 Å². The van der Waals surface area contributed by atoms with Crippen molar-refractivity contribution in [2.75, 3.05) is 24.7 Å². The minimum Gasteiger partial charge on any atom is -0.339 e. The van der Waals surface area contributed by atoms with Crippen molar-refractivity contribution >= 4 is 23.2 Å². The van der Waals surface area contributed by atoms with Gasteiger partial charge in [0, 0.05) is 42.1 Å². The van der Waals surface area contributed by atoms with E-state index in [4.69, 9.17) is 11.6 Å². The van der Waals surface area contributed by atoms with Gasteiger partial charge in [-0.15, -0.1) is 0 Å². The van der Waals surface area contributed by atoms with E-state index < -0.39 is 5.54 Å². The minimum atomic E-state index is -0.474. The number of aromatic nitrogens is 1. The first-order chi connectivity index (χ1) is 15.1. The normalized spacial score (nSPS) is 18.4. The molecule has 1 amide bonds. The molecule has 0 unspecified atom stereocenters. The zero-order chi connectivity index (χ0) is 21.3. The summed E-state index contributed by atoms with van der Waals surface area (Å²) in [5, 5.41) is 3.77. The number of anilines is 1. The highest BCUT2D eigenvalue weighted by molar-refractivity contribution is 6.30. The molecule has 0 atom stereocenters. The fourth-order valence-corrected chi connectivity index (χ4v) is 4.85. The van der Waals surface area contributed by atoms with Crippen LogP contribution in [-0.4, -0.2) is 41.1 Å². The first kappa shape index (κ1) is 20.0. The fraction of sp³-hybridized carbons (Fsp3) is 0.280. The maximum atomic E-state index is 12.9. The van der Waals surface area contributed by atoms with Crippen molar-refractivity contribution in [3.63, 3.8) is 0 Å². The molecule has 0 saturated carbocycles. The van der Waals surface area contributed by atoms with Crippen LogP contribution in [0.3, 0.4) is 0 Å². The van der Waals surface area contributed by atoms with E-state index in [0.717, 1.165) is 49.4 Å². The second kappa shape index (κ2) is 8.33. The summed E-state index contributed by atoms with van der Waals surface area (Å²) in [7, 11) is 0. The lowest BCUT2D eigenvalue weighted by atomic mass is 9.85. The summed E-state index contributed by atoms with van der Waals surface area (Å²) in [6.45, 7) is 3.16. The molecule has 2 aromatic carbocycles. The lowest BCUT2D eigenvalue weighted by Crippen LogP contribution is -2.56. The predicted octanol–water partition coefficient (Wildman–Crippen LogP) is 4.33. The lowest BCUT2D eigenvalue weighted by Gasteiger charge is -2.43. The van der Waals surface area contributed by atoms with E-state index in [1.54, 1.807) is 0 Å². The number of hydrogen-bond donors (Lipinski definition) is 1. The number of piperidine rings is 1. The molecule has 5 rings (SSSR count). The molecule has 1 aromatic heterocycles. The van der Waals surface area contributed by atoms with Crippen molar-refractivity contribution in [2.45, 2.75) is 24.9 Å². The average molecular weight is 433 g/mol. The number of rotatable bonds is 4.